The van der Waals surface area contributed by atoms with Crippen LogP contribution in [0.15, 0.2) is 54.6 Å². The van der Waals surface area contributed by atoms with Gasteiger partial charge >= 0.3 is 6.09 Å². The summed E-state index contributed by atoms with van der Waals surface area (Å²) >= 11 is 18.9. The normalized spacial score (nSPS) is 28.7. The molecule has 1 aliphatic carbocycles. The summed E-state index contributed by atoms with van der Waals surface area (Å²) in [4.78, 5) is 27.7. The van der Waals surface area contributed by atoms with E-state index in [2.05, 4.69) is 0 Å². The summed E-state index contributed by atoms with van der Waals surface area (Å²) in [6, 6.07) is 12.0. The van der Waals surface area contributed by atoms with Gasteiger partial charge in [-0.05, 0) is 63.1 Å². The lowest BCUT2D eigenvalue weighted by molar-refractivity contribution is -0.130. The maximum absolute atomic E-state index is 13.5. The van der Waals surface area contributed by atoms with Crippen molar-refractivity contribution < 1.29 is 14.3 Å². The van der Waals surface area contributed by atoms with E-state index in [0.717, 1.165) is 11.1 Å². The highest BCUT2D eigenvalue weighted by atomic mass is 35.5. The van der Waals surface area contributed by atoms with Crippen molar-refractivity contribution >= 4 is 46.8 Å². The molecular formula is C26H27Cl3N2O3. The second-order valence-corrected chi connectivity index (χ2v) is 11.2. The summed E-state index contributed by atoms with van der Waals surface area (Å²) in [5.74, 6) is -1.73. The van der Waals surface area contributed by atoms with Crippen LogP contribution in [0, 0.1) is 11.8 Å². The molecule has 0 aromatic heterocycles. The van der Waals surface area contributed by atoms with E-state index in [9.17, 15) is 9.59 Å². The van der Waals surface area contributed by atoms with Crippen molar-refractivity contribution in [2.45, 2.75) is 50.8 Å². The molecular weight excluding hydrogens is 495 g/mol. The maximum atomic E-state index is 13.5. The van der Waals surface area contributed by atoms with Gasteiger partial charge in [-0.1, -0.05) is 65.2 Å². The second-order valence-electron chi connectivity index (χ2n) is 9.95. The molecule has 2 aromatic carbocycles. The van der Waals surface area contributed by atoms with Gasteiger partial charge in [-0.15, -0.1) is 0 Å². The van der Waals surface area contributed by atoms with Crippen LogP contribution in [-0.4, -0.2) is 28.5 Å². The van der Waals surface area contributed by atoms with Crippen molar-refractivity contribution in [3.63, 3.8) is 0 Å². The topological polar surface area (TPSA) is 72.6 Å². The van der Waals surface area contributed by atoms with Gasteiger partial charge in [-0.25, -0.2) is 9.69 Å². The first kappa shape index (κ1) is 25.1. The van der Waals surface area contributed by atoms with Gasteiger partial charge in [0.15, 0.2) is 0 Å². The quantitative estimate of drug-likeness (QED) is 0.455. The lowest BCUT2D eigenvalue weighted by atomic mass is 9.60. The number of imide groups is 1. The molecule has 8 heteroatoms. The van der Waals surface area contributed by atoms with Crippen LogP contribution in [0.5, 0.6) is 0 Å². The van der Waals surface area contributed by atoms with E-state index in [-0.39, 0.29) is 11.8 Å². The van der Waals surface area contributed by atoms with Gasteiger partial charge in [-0.3, -0.25) is 4.79 Å². The number of hydrogen-bond acceptors (Lipinski definition) is 4. The van der Waals surface area contributed by atoms with E-state index in [1.165, 1.54) is 4.90 Å². The Labute approximate surface area is 214 Å². The molecule has 4 rings (SSSR count). The number of carbonyl (C=O) groups excluding carboxylic acids is 2. The summed E-state index contributed by atoms with van der Waals surface area (Å²) < 4.78 is 5.55. The number of rotatable bonds is 2. The number of benzene rings is 2. The van der Waals surface area contributed by atoms with Gasteiger partial charge in [0, 0.05) is 32.9 Å². The Morgan fingerprint density at radius 3 is 2.24 bits per heavy atom. The predicted octanol–water partition coefficient (Wildman–Crippen LogP) is 6.55. The largest absolute Gasteiger partial charge is 0.443 e. The molecule has 1 saturated heterocycles. The van der Waals surface area contributed by atoms with Crippen LogP contribution in [-0.2, 0) is 15.1 Å². The summed E-state index contributed by atoms with van der Waals surface area (Å²) in [6.07, 6.45) is 3.07. The molecule has 2 aromatic rings. The zero-order valence-electron chi connectivity index (χ0n) is 19.4. The smallest absolute Gasteiger partial charge is 0.417 e. The van der Waals surface area contributed by atoms with Gasteiger partial charge in [0.05, 0.1) is 11.5 Å². The average Bonchev–Trinajstić information content (AvgIpc) is 2.99. The number of likely N-dealkylation sites (tertiary alicyclic amines) is 1. The standard InChI is InChI=1S/C26H27Cl3N2O3/c1-14-22-19(23(32)31(14)24(33)34-25(2,3)4)11-12-20(18-10-9-17(28)13-21(18)29)26(22,30)15-5-7-16(27)8-6-15/h5-14,19-20,22H,30H2,1-4H3. The number of fused-ring (bicyclic) bond motifs is 1. The third-order valence-corrected chi connectivity index (χ3v) is 7.46. The fourth-order valence-electron chi connectivity index (χ4n) is 5.26. The first-order chi connectivity index (χ1) is 15.8. The highest BCUT2D eigenvalue weighted by molar-refractivity contribution is 6.35. The van der Waals surface area contributed by atoms with Crippen LogP contribution >= 0.6 is 34.8 Å². The first-order valence-electron chi connectivity index (χ1n) is 11.1. The summed E-state index contributed by atoms with van der Waals surface area (Å²) in [6.45, 7) is 7.14. The third-order valence-electron chi connectivity index (χ3n) is 6.65. The molecule has 5 unspecified atom stereocenters. The number of halogens is 3. The van der Waals surface area contributed by atoms with Gasteiger partial charge in [0.1, 0.15) is 5.60 Å². The fraction of sp³-hybridized carbons (Fsp3) is 0.385. The Morgan fingerprint density at radius 1 is 1.03 bits per heavy atom. The number of nitrogens with two attached hydrogens (primary N) is 1. The molecule has 0 spiro atoms. The van der Waals surface area contributed by atoms with Gasteiger partial charge < -0.3 is 10.5 Å². The van der Waals surface area contributed by atoms with Gasteiger partial charge in [0.25, 0.3) is 0 Å². The second kappa shape index (κ2) is 8.87. The van der Waals surface area contributed by atoms with Crippen LogP contribution in [0.3, 0.4) is 0 Å². The molecule has 0 bridgehead atoms. The Morgan fingerprint density at radius 2 is 1.65 bits per heavy atom. The molecule has 1 aliphatic heterocycles. The molecule has 0 saturated carbocycles. The van der Waals surface area contributed by atoms with Crippen molar-refractivity contribution in [1.29, 1.82) is 0 Å². The molecule has 1 fully saturated rings. The highest BCUT2D eigenvalue weighted by Gasteiger charge is 2.60. The minimum Gasteiger partial charge on any atom is -0.443 e. The molecule has 2 aliphatic rings. The Hall–Kier alpha value is -2.05. The summed E-state index contributed by atoms with van der Waals surface area (Å²) in [5.41, 5.74) is 7.08. The third kappa shape index (κ3) is 4.24. The van der Waals surface area contributed by atoms with Gasteiger partial charge in [-0.2, -0.15) is 0 Å². The van der Waals surface area contributed by atoms with Crippen molar-refractivity contribution in [2.75, 3.05) is 0 Å². The van der Waals surface area contributed by atoms with Crippen LogP contribution in [0.4, 0.5) is 4.79 Å². The predicted molar refractivity (Wildman–Crippen MR) is 135 cm³/mol. The average molecular weight is 522 g/mol. The number of carbonyl (C=O) groups is 2. The molecule has 1 heterocycles. The number of hydrogen-bond donors (Lipinski definition) is 1. The lowest BCUT2D eigenvalue weighted by Crippen LogP contribution is -2.55. The molecule has 0 radical (unpaired) electrons. The van der Waals surface area contributed by atoms with E-state index in [0.29, 0.717) is 15.1 Å². The zero-order chi connectivity index (χ0) is 25.0. The van der Waals surface area contributed by atoms with E-state index < -0.39 is 35.1 Å². The molecule has 2 N–H and O–H groups in total. The van der Waals surface area contributed by atoms with Gasteiger partial charge in [0.2, 0.25) is 5.91 Å². The van der Waals surface area contributed by atoms with Crippen molar-refractivity contribution in [3.8, 4) is 0 Å². The first-order valence-corrected chi connectivity index (χ1v) is 12.2. The lowest BCUT2D eigenvalue weighted by Gasteiger charge is -2.47. The van der Waals surface area contributed by atoms with Crippen molar-refractivity contribution in [2.24, 2.45) is 17.6 Å². The zero-order valence-corrected chi connectivity index (χ0v) is 21.7. The molecule has 180 valence electrons. The van der Waals surface area contributed by atoms with E-state index >= 15 is 0 Å². The highest BCUT2D eigenvalue weighted by Crippen LogP contribution is 2.54. The van der Waals surface area contributed by atoms with E-state index in [1.807, 2.05) is 37.3 Å². The Bertz CT molecular complexity index is 1160. The van der Waals surface area contributed by atoms with Crippen LogP contribution in [0.25, 0.3) is 0 Å². The number of nitrogens with zero attached hydrogens (tertiary/aromatic N) is 1. The van der Waals surface area contributed by atoms with Crippen molar-refractivity contribution in [3.05, 3.63) is 80.8 Å². The summed E-state index contributed by atoms with van der Waals surface area (Å²) in [7, 11) is 0. The maximum Gasteiger partial charge on any atom is 0.417 e. The van der Waals surface area contributed by atoms with Crippen LogP contribution < -0.4 is 5.73 Å². The number of ether oxygens (including phenoxy) is 1. The minimum atomic E-state index is -1.08. The Balaban J connectivity index is 1.87. The van der Waals surface area contributed by atoms with E-state index in [4.69, 9.17) is 45.3 Å². The van der Waals surface area contributed by atoms with E-state index in [1.54, 1.807) is 45.0 Å². The SMILES string of the molecule is CC1C2C(C=CC(c3ccc(Cl)cc3Cl)C2(N)c2ccc(Cl)cc2)C(=O)N1C(=O)OC(C)(C)C. The Kier molecular flexibility index (Phi) is 6.54. The molecule has 34 heavy (non-hydrogen) atoms. The molecule has 2 amide bonds. The van der Waals surface area contributed by atoms with Crippen LogP contribution in [0.2, 0.25) is 15.1 Å². The van der Waals surface area contributed by atoms with Crippen molar-refractivity contribution in [1.82, 2.24) is 4.90 Å². The number of amides is 2. The fourth-order valence-corrected chi connectivity index (χ4v) is 5.92. The summed E-state index contributed by atoms with van der Waals surface area (Å²) in [5, 5.41) is 1.56. The molecule has 5 atom stereocenters. The monoisotopic (exact) mass is 520 g/mol. The van der Waals surface area contributed by atoms with Crippen LogP contribution in [0.1, 0.15) is 44.7 Å². The minimum absolute atomic E-state index is 0.326. The molecule has 5 nitrogen and oxygen atoms in total.